The van der Waals surface area contributed by atoms with E-state index in [4.69, 9.17) is 19.2 Å². The van der Waals surface area contributed by atoms with Crippen LogP contribution in [-0.2, 0) is 22.3 Å². The maximum Gasteiger partial charge on any atom is 0.153 e. The molecule has 1 aliphatic heterocycles. The Hall–Kier alpha value is -1.92. The predicted octanol–water partition coefficient (Wildman–Crippen LogP) is 2.97. The van der Waals surface area contributed by atoms with Crippen LogP contribution in [-0.4, -0.2) is 47.8 Å². The molecule has 1 saturated heterocycles. The van der Waals surface area contributed by atoms with Crippen molar-refractivity contribution in [3.63, 3.8) is 0 Å². The second-order valence-electron chi connectivity index (χ2n) is 6.20. The Balaban J connectivity index is 1.77. The monoisotopic (exact) mass is 345 g/mol. The molecular formula is C19H27N3O3. The smallest absolute Gasteiger partial charge is 0.153 e. The second kappa shape index (κ2) is 8.97. The van der Waals surface area contributed by atoms with E-state index in [9.17, 15) is 0 Å². The van der Waals surface area contributed by atoms with Gasteiger partial charge in [-0.25, -0.2) is 9.67 Å². The van der Waals surface area contributed by atoms with Gasteiger partial charge in [-0.15, -0.1) is 0 Å². The van der Waals surface area contributed by atoms with Gasteiger partial charge in [-0.1, -0.05) is 0 Å². The molecule has 2 heterocycles. The fraction of sp³-hybridized carbons (Fsp3) is 0.579. The number of aromatic nitrogens is 3. The first-order valence-corrected chi connectivity index (χ1v) is 9.08. The lowest BCUT2D eigenvalue weighted by molar-refractivity contribution is 0.104. The lowest BCUT2D eigenvalue weighted by Crippen LogP contribution is -2.10. The number of rotatable bonds is 9. The maximum absolute atomic E-state index is 5.74. The Morgan fingerprint density at radius 1 is 1.24 bits per heavy atom. The minimum Gasteiger partial charge on any atom is -0.494 e. The number of hydrogen-bond donors (Lipinski definition) is 0. The lowest BCUT2D eigenvalue weighted by Gasteiger charge is -2.10. The number of hydrogen-bond acceptors (Lipinski definition) is 5. The normalized spacial score (nSPS) is 17.1. The molecule has 0 aliphatic carbocycles. The number of methoxy groups -OCH3 is 1. The van der Waals surface area contributed by atoms with Gasteiger partial charge in [0.1, 0.15) is 11.6 Å². The van der Waals surface area contributed by atoms with Gasteiger partial charge < -0.3 is 14.2 Å². The van der Waals surface area contributed by atoms with Crippen molar-refractivity contribution in [3.8, 4) is 11.4 Å². The average molecular weight is 345 g/mol. The van der Waals surface area contributed by atoms with Crippen molar-refractivity contribution in [2.45, 2.75) is 45.1 Å². The Morgan fingerprint density at radius 2 is 2.08 bits per heavy atom. The molecule has 1 aromatic heterocycles. The highest BCUT2D eigenvalue weighted by Crippen LogP contribution is 2.20. The number of benzene rings is 1. The summed E-state index contributed by atoms with van der Waals surface area (Å²) in [6.45, 7) is 4.15. The molecule has 1 fully saturated rings. The molecule has 0 unspecified atom stereocenters. The van der Waals surface area contributed by atoms with E-state index in [1.54, 1.807) is 7.11 Å². The van der Waals surface area contributed by atoms with Crippen molar-refractivity contribution >= 4 is 0 Å². The molecule has 2 aromatic rings. The molecule has 0 amide bonds. The molecule has 0 saturated carbocycles. The molecule has 0 radical (unpaired) electrons. The number of nitrogens with zero attached hydrogens (tertiary/aromatic N) is 3. The van der Waals surface area contributed by atoms with Crippen LogP contribution in [0.2, 0.25) is 0 Å². The third-order valence-electron chi connectivity index (χ3n) is 4.35. The van der Waals surface area contributed by atoms with Gasteiger partial charge in [-0.3, -0.25) is 0 Å². The first-order chi connectivity index (χ1) is 12.3. The quantitative estimate of drug-likeness (QED) is 0.699. The van der Waals surface area contributed by atoms with Crippen LogP contribution in [0, 0.1) is 0 Å². The van der Waals surface area contributed by atoms with Gasteiger partial charge in [-0.05, 0) is 50.5 Å². The maximum atomic E-state index is 5.74. The van der Waals surface area contributed by atoms with E-state index in [1.165, 1.54) is 0 Å². The summed E-state index contributed by atoms with van der Waals surface area (Å²) in [7, 11) is 1.70. The minimum absolute atomic E-state index is 0.355. The van der Waals surface area contributed by atoms with Gasteiger partial charge in [0.15, 0.2) is 5.82 Å². The van der Waals surface area contributed by atoms with Crippen LogP contribution in [0.15, 0.2) is 24.3 Å². The molecule has 1 aromatic carbocycles. The van der Waals surface area contributed by atoms with Gasteiger partial charge in [0.05, 0.1) is 25.0 Å². The minimum atomic E-state index is 0.355. The van der Waals surface area contributed by atoms with Gasteiger partial charge in [0.25, 0.3) is 0 Å². The molecule has 1 aliphatic rings. The highest BCUT2D eigenvalue weighted by molar-refractivity contribution is 5.37. The summed E-state index contributed by atoms with van der Waals surface area (Å²) in [4.78, 5) is 4.73. The van der Waals surface area contributed by atoms with Crippen molar-refractivity contribution in [2.75, 3.05) is 26.9 Å². The fourth-order valence-electron chi connectivity index (χ4n) is 3.07. The summed E-state index contributed by atoms with van der Waals surface area (Å²) in [6, 6.07) is 7.99. The first-order valence-electron chi connectivity index (χ1n) is 9.08. The fourth-order valence-corrected chi connectivity index (χ4v) is 3.07. The lowest BCUT2D eigenvalue weighted by atomic mass is 10.1. The molecular weight excluding hydrogens is 318 g/mol. The van der Waals surface area contributed by atoms with Gasteiger partial charge >= 0.3 is 0 Å². The SMILES string of the molecule is CCOc1ccc(-n2nc(CCOC)nc2CC[C@@H]2CCCO2)cc1. The van der Waals surface area contributed by atoms with E-state index in [-0.39, 0.29) is 0 Å². The zero-order valence-electron chi connectivity index (χ0n) is 15.1. The standard InChI is InChI=1S/C19H27N3O3/c1-3-24-17-8-6-15(7-9-17)22-19(11-10-16-5-4-13-25-16)20-18(21-22)12-14-23-2/h6-9,16H,3-5,10-14H2,1-2H3/t16-/m0/s1. The first kappa shape index (κ1) is 17.9. The Kier molecular flexibility index (Phi) is 6.42. The van der Waals surface area contributed by atoms with E-state index in [1.807, 2.05) is 35.9 Å². The van der Waals surface area contributed by atoms with Crippen LogP contribution < -0.4 is 4.74 Å². The third-order valence-corrected chi connectivity index (χ3v) is 4.35. The Labute approximate surface area is 149 Å². The molecule has 3 rings (SSSR count). The van der Waals surface area contributed by atoms with E-state index in [0.29, 0.717) is 25.7 Å². The number of aryl methyl sites for hydroxylation is 1. The largest absolute Gasteiger partial charge is 0.494 e. The van der Waals surface area contributed by atoms with Crippen molar-refractivity contribution < 1.29 is 14.2 Å². The van der Waals surface area contributed by atoms with Crippen LogP contribution in [0.4, 0.5) is 0 Å². The van der Waals surface area contributed by atoms with E-state index in [2.05, 4.69) is 5.10 Å². The van der Waals surface area contributed by atoms with Crippen LogP contribution in [0.25, 0.3) is 5.69 Å². The van der Waals surface area contributed by atoms with Crippen LogP contribution in [0.5, 0.6) is 5.75 Å². The summed E-state index contributed by atoms with van der Waals surface area (Å²) in [5.41, 5.74) is 1.00. The summed E-state index contributed by atoms with van der Waals surface area (Å²) < 4.78 is 18.4. The second-order valence-corrected chi connectivity index (χ2v) is 6.20. The van der Waals surface area contributed by atoms with Crippen molar-refractivity contribution in [1.29, 1.82) is 0 Å². The van der Waals surface area contributed by atoms with Crippen LogP contribution >= 0.6 is 0 Å². The summed E-state index contributed by atoms with van der Waals surface area (Å²) in [5, 5.41) is 4.68. The average Bonchev–Trinajstić information content (AvgIpc) is 3.29. The van der Waals surface area contributed by atoms with Crippen molar-refractivity contribution in [1.82, 2.24) is 14.8 Å². The highest BCUT2D eigenvalue weighted by Gasteiger charge is 2.18. The molecule has 0 spiro atoms. The van der Waals surface area contributed by atoms with Crippen molar-refractivity contribution in [2.24, 2.45) is 0 Å². The van der Waals surface area contributed by atoms with Crippen LogP contribution in [0.1, 0.15) is 37.8 Å². The zero-order valence-corrected chi connectivity index (χ0v) is 15.1. The van der Waals surface area contributed by atoms with Crippen molar-refractivity contribution in [3.05, 3.63) is 35.9 Å². The predicted molar refractivity (Wildman–Crippen MR) is 95.4 cm³/mol. The summed E-state index contributed by atoms with van der Waals surface area (Å²) >= 11 is 0. The molecule has 0 bridgehead atoms. The van der Waals surface area contributed by atoms with Gasteiger partial charge in [0, 0.05) is 26.6 Å². The Bertz CT molecular complexity index is 648. The topological polar surface area (TPSA) is 58.4 Å². The molecule has 25 heavy (non-hydrogen) atoms. The van der Waals surface area contributed by atoms with E-state index >= 15 is 0 Å². The van der Waals surface area contributed by atoms with E-state index < -0.39 is 0 Å². The molecule has 6 nitrogen and oxygen atoms in total. The summed E-state index contributed by atoms with van der Waals surface area (Å²) in [6.07, 6.45) is 5.22. The van der Waals surface area contributed by atoms with E-state index in [0.717, 1.165) is 55.4 Å². The molecule has 0 N–H and O–H groups in total. The molecule has 6 heteroatoms. The van der Waals surface area contributed by atoms with Gasteiger partial charge in [0.2, 0.25) is 0 Å². The zero-order chi connectivity index (χ0) is 17.5. The third kappa shape index (κ3) is 4.80. The van der Waals surface area contributed by atoms with Gasteiger partial charge in [-0.2, -0.15) is 5.10 Å². The van der Waals surface area contributed by atoms with Crippen LogP contribution in [0.3, 0.4) is 0 Å². The number of ether oxygens (including phenoxy) is 3. The Morgan fingerprint density at radius 3 is 2.76 bits per heavy atom. The molecule has 1 atom stereocenters. The molecule has 136 valence electrons. The highest BCUT2D eigenvalue weighted by atomic mass is 16.5. The summed E-state index contributed by atoms with van der Waals surface area (Å²) in [5.74, 6) is 2.66.